The van der Waals surface area contributed by atoms with Crippen molar-refractivity contribution in [3.8, 4) is 11.5 Å². The molecule has 1 unspecified atom stereocenters. The lowest BCUT2D eigenvalue weighted by Crippen LogP contribution is -2.44. The quantitative estimate of drug-likeness (QED) is 0.246. The zero-order valence-electron chi connectivity index (χ0n) is 18.7. The number of carbonyl (C=O) groups is 1. The number of carbonyl (C=O) groups excluding carboxylic acids is 1. The number of aliphatic imine (C=N–C) groups is 1. The highest BCUT2D eigenvalue weighted by Gasteiger charge is 2.23. The van der Waals surface area contributed by atoms with Crippen LogP contribution in [0.2, 0.25) is 0 Å². The molecule has 2 rings (SSSR count). The van der Waals surface area contributed by atoms with Gasteiger partial charge in [0.1, 0.15) is 11.5 Å². The van der Waals surface area contributed by atoms with Gasteiger partial charge in [-0.2, -0.15) is 0 Å². The van der Waals surface area contributed by atoms with E-state index < -0.39 is 0 Å². The van der Waals surface area contributed by atoms with Crippen LogP contribution in [0.15, 0.2) is 23.2 Å². The van der Waals surface area contributed by atoms with Crippen molar-refractivity contribution in [2.24, 2.45) is 4.99 Å². The van der Waals surface area contributed by atoms with Gasteiger partial charge in [-0.1, -0.05) is 0 Å². The van der Waals surface area contributed by atoms with Crippen LogP contribution in [0.4, 0.5) is 0 Å². The summed E-state index contributed by atoms with van der Waals surface area (Å²) in [7, 11) is 3.34. The molecule has 2 N–H and O–H groups in total. The molecule has 0 amide bonds. The summed E-state index contributed by atoms with van der Waals surface area (Å²) >= 11 is 0. The van der Waals surface area contributed by atoms with E-state index in [1.165, 1.54) is 5.56 Å². The third-order valence-corrected chi connectivity index (χ3v) is 4.89. The van der Waals surface area contributed by atoms with Gasteiger partial charge in [0, 0.05) is 51.3 Å². The molecular weight excluding hydrogens is 384 g/mol. The highest BCUT2D eigenvalue weighted by atomic mass is 16.5. The predicted octanol–water partition coefficient (Wildman–Crippen LogP) is 2.18. The highest BCUT2D eigenvalue weighted by Crippen LogP contribution is 2.24. The van der Waals surface area contributed by atoms with Crippen molar-refractivity contribution in [3.63, 3.8) is 0 Å². The second kappa shape index (κ2) is 13.0. The minimum Gasteiger partial charge on any atom is -0.497 e. The number of esters is 1. The molecule has 1 atom stereocenters. The van der Waals surface area contributed by atoms with Gasteiger partial charge in [-0.25, -0.2) is 0 Å². The number of rotatable bonds is 11. The van der Waals surface area contributed by atoms with E-state index in [4.69, 9.17) is 14.2 Å². The van der Waals surface area contributed by atoms with Crippen molar-refractivity contribution < 1.29 is 19.0 Å². The molecule has 168 valence electrons. The van der Waals surface area contributed by atoms with Gasteiger partial charge in [0.15, 0.2) is 5.96 Å². The molecule has 8 nitrogen and oxygen atoms in total. The Hall–Kier alpha value is -2.48. The first-order valence-electron chi connectivity index (χ1n) is 10.7. The topological polar surface area (TPSA) is 84.4 Å². The molecule has 0 aliphatic carbocycles. The zero-order valence-corrected chi connectivity index (χ0v) is 18.7. The van der Waals surface area contributed by atoms with Gasteiger partial charge in [0.25, 0.3) is 0 Å². The monoisotopic (exact) mass is 420 g/mol. The predicted molar refractivity (Wildman–Crippen MR) is 118 cm³/mol. The smallest absolute Gasteiger partial charge is 0.305 e. The highest BCUT2D eigenvalue weighted by molar-refractivity contribution is 5.80. The van der Waals surface area contributed by atoms with Crippen LogP contribution >= 0.6 is 0 Å². The Morgan fingerprint density at radius 3 is 2.57 bits per heavy atom. The first-order valence-corrected chi connectivity index (χ1v) is 10.7. The number of ether oxygens (including phenoxy) is 3. The molecule has 0 aromatic heterocycles. The van der Waals surface area contributed by atoms with Gasteiger partial charge in [0.2, 0.25) is 0 Å². The van der Waals surface area contributed by atoms with E-state index in [0.29, 0.717) is 32.0 Å². The Balaban J connectivity index is 1.84. The first kappa shape index (κ1) is 23.8. The Kier molecular flexibility index (Phi) is 10.3. The largest absolute Gasteiger partial charge is 0.497 e. The average molecular weight is 421 g/mol. The summed E-state index contributed by atoms with van der Waals surface area (Å²) in [4.78, 5) is 18.4. The molecule has 1 aliphatic heterocycles. The van der Waals surface area contributed by atoms with Crippen LogP contribution in [-0.4, -0.2) is 69.9 Å². The third-order valence-electron chi connectivity index (χ3n) is 4.89. The normalized spacial score (nSPS) is 16.9. The minimum absolute atomic E-state index is 0.161. The summed E-state index contributed by atoms with van der Waals surface area (Å²) in [6.45, 7) is 8.47. The number of benzene rings is 1. The van der Waals surface area contributed by atoms with Crippen LogP contribution < -0.4 is 20.1 Å². The molecule has 0 radical (unpaired) electrons. The summed E-state index contributed by atoms with van der Waals surface area (Å²) < 4.78 is 15.7. The fraction of sp³-hybridized carbons (Fsp3) is 0.636. The Bertz CT molecular complexity index is 673. The number of hydrogen-bond acceptors (Lipinski definition) is 6. The van der Waals surface area contributed by atoms with Gasteiger partial charge >= 0.3 is 5.97 Å². The first-order chi connectivity index (χ1) is 14.6. The van der Waals surface area contributed by atoms with E-state index in [-0.39, 0.29) is 5.97 Å². The summed E-state index contributed by atoms with van der Waals surface area (Å²) in [5.41, 5.74) is 1.17. The molecule has 0 bridgehead atoms. The van der Waals surface area contributed by atoms with E-state index >= 15 is 0 Å². The molecule has 1 heterocycles. The van der Waals surface area contributed by atoms with E-state index in [9.17, 15) is 4.79 Å². The molecule has 0 saturated carbocycles. The van der Waals surface area contributed by atoms with Crippen molar-refractivity contribution in [1.29, 1.82) is 0 Å². The molecule has 1 aliphatic rings. The maximum absolute atomic E-state index is 11.4. The van der Waals surface area contributed by atoms with Crippen molar-refractivity contribution in [1.82, 2.24) is 15.5 Å². The number of likely N-dealkylation sites (tertiary alicyclic amines) is 1. The molecular formula is C22H36N4O4. The van der Waals surface area contributed by atoms with Crippen LogP contribution in [0, 0.1) is 0 Å². The van der Waals surface area contributed by atoms with Crippen LogP contribution in [0.1, 0.15) is 38.7 Å². The van der Waals surface area contributed by atoms with E-state index in [0.717, 1.165) is 50.1 Å². The fourth-order valence-electron chi connectivity index (χ4n) is 3.47. The van der Waals surface area contributed by atoms with Crippen LogP contribution in [0.5, 0.6) is 11.5 Å². The van der Waals surface area contributed by atoms with E-state index in [2.05, 4.69) is 32.7 Å². The summed E-state index contributed by atoms with van der Waals surface area (Å²) in [5, 5.41) is 6.81. The summed E-state index contributed by atoms with van der Waals surface area (Å²) in [6, 6.07) is 6.33. The van der Waals surface area contributed by atoms with E-state index in [1.807, 2.05) is 19.9 Å². The van der Waals surface area contributed by atoms with Crippen molar-refractivity contribution in [2.45, 2.75) is 45.7 Å². The lowest BCUT2D eigenvalue weighted by molar-refractivity contribution is -0.143. The molecule has 8 heteroatoms. The van der Waals surface area contributed by atoms with Gasteiger partial charge in [-0.05, 0) is 44.4 Å². The molecule has 30 heavy (non-hydrogen) atoms. The Morgan fingerprint density at radius 2 is 1.93 bits per heavy atom. The Labute approximate surface area is 180 Å². The summed E-state index contributed by atoms with van der Waals surface area (Å²) in [5.74, 6) is 2.26. The zero-order chi connectivity index (χ0) is 21.8. The maximum Gasteiger partial charge on any atom is 0.305 e. The van der Waals surface area contributed by atoms with Crippen LogP contribution in [0.3, 0.4) is 0 Å². The fourth-order valence-corrected chi connectivity index (χ4v) is 3.47. The van der Waals surface area contributed by atoms with Crippen molar-refractivity contribution in [3.05, 3.63) is 23.8 Å². The van der Waals surface area contributed by atoms with Crippen molar-refractivity contribution >= 4 is 11.9 Å². The molecule has 0 spiro atoms. The lowest BCUT2D eigenvalue weighted by atomic mass is 10.2. The molecule has 1 aromatic carbocycles. The van der Waals surface area contributed by atoms with E-state index in [1.54, 1.807) is 14.2 Å². The molecule has 1 fully saturated rings. The number of nitrogens with zero attached hydrogens (tertiary/aromatic N) is 2. The van der Waals surface area contributed by atoms with Gasteiger partial charge in [-0.3, -0.25) is 14.7 Å². The average Bonchev–Trinajstić information content (AvgIpc) is 3.17. The number of hydrogen-bond donors (Lipinski definition) is 2. The second-order valence-electron chi connectivity index (χ2n) is 7.26. The van der Waals surface area contributed by atoms with Crippen LogP contribution in [-0.2, 0) is 16.1 Å². The van der Waals surface area contributed by atoms with Crippen molar-refractivity contribution in [2.75, 3.05) is 47.0 Å². The molecule has 1 saturated heterocycles. The number of guanidine groups is 1. The van der Waals surface area contributed by atoms with Gasteiger partial charge < -0.3 is 24.8 Å². The summed E-state index contributed by atoms with van der Waals surface area (Å²) in [6.07, 6.45) is 2.14. The number of methoxy groups -OCH3 is 2. The van der Waals surface area contributed by atoms with Gasteiger partial charge in [0.05, 0.1) is 20.8 Å². The SMILES string of the molecule is CCNC(=NCCCC(=O)OCC)NC1CCN(Cc2cc(OC)cc(OC)c2)C1. The Morgan fingerprint density at radius 1 is 1.20 bits per heavy atom. The maximum atomic E-state index is 11.4. The second-order valence-corrected chi connectivity index (χ2v) is 7.26. The van der Waals surface area contributed by atoms with Crippen LogP contribution in [0.25, 0.3) is 0 Å². The third kappa shape index (κ3) is 8.10. The molecule has 1 aromatic rings. The van der Waals surface area contributed by atoms with Gasteiger partial charge in [-0.15, -0.1) is 0 Å². The lowest BCUT2D eigenvalue weighted by Gasteiger charge is -2.19. The standard InChI is InChI=1S/C22H36N4O4/c1-5-23-22(24-10-7-8-21(27)30-6-2)25-18-9-11-26(16-18)15-17-12-19(28-3)14-20(13-17)29-4/h12-14,18H,5-11,15-16H2,1-4H3,(H2,23,24,25). The number of nitrogens with one attached hydrogen (secondary N) is 2. The minimum atomic E-state index is -0.161.